The van der Waals surface area contributed by atoms with Crippen LogP contribution in [0.15, 0.2) is 24.3 Å². The zero-order valence-electron chi connectivity index (χ0n) is 14.9. The van der Waals surface area contributed by atoms with Crippen LogP contribution in [-0.2, 0) is 6.42 Å². The monoisotopic (exact) mass is 321 g/mol. The molecule has 1 aromatic carbocycles. The van der Waals surface area contributed by atoms with E-state index in [-0.39, 0.29) is 0 Å². The Morgan fingerprint density at radius 2 is 1.54 bits per heavy atom. The SMILES string of the molecule is c1ccc2c(c1)CC[C@@H]1CN(C3C4CC5CC(C4)CC3C5)CC[C@@H]21. The van der Waals surface area contributed by atoms with Crippen LogP contribution in [0.3, 0.4) is 0 Å². The van der Waals surface area contributed by atoms with Gasteiger partial charge in [-0.25, -0.2) is 0 Å². The highest BCUT2D eigenvalue weighted by Crippen LogP contribution is 2.56. The van der Waals surface area contributed by atoms with Gasteiger partial charge in [-0.15, -0.1) is 0 Å². The molecule has 1 heterocycles. The maximum absolute atomic E-state index is 3.00. The molecule has 1 aliphatic heterocycles. The van der Waals surface area contributed by atoms with Gasteiger partial charge in [0.1, 0.15) is 0 Å². The Labute approximate surface area is 146 Å². The molecule has 5 fully saturated rings. The molecule has 4 saturated carbocycles. The van der Waals surface area contributed by atoms with Gasteiger partial charge in [-0.3, -0.25) is 4.90 Å². The number of hydrogen-bond donors (Lipinski definition) is 0. The molecule has 2 atom stereocenters. The Hall–Kier alpha value is -0.820. The third-order valence-corrected chi connectivity index (χ3v) is 8.60. The summed E-state index contributed by atoms with van der Waals surface area (Å²) in [4.78, 5) is 3.00. The van der Waals surface area contributed by atoms with Crippen molar-refractivity contribution in [1.82, 2.24) is 4.90 Å². The van der Waals surface area contributed by atoms with Crippen LogP contribution in [0.1, 0.15) is 62.0 Å². The maximum Gasteiger partial charge on any atom is 0.0152 e. The molecule has 0 amide bonds. The summed E-state index contributed by atoms with van der Waals surface area (Å²) in [5, 5.41) is 0. The predicted octanol–water partition coefficient (Wildman–Crippen LogP) is 4.86. The minimum Gasteiger partial charge on any atom is -0.300 e. The van der Waals surface area contributed by atoms with E-state index >= 15 is 0 Å². The van der Waals surface area contributed by atoms with Crippen LogP contribution < -0.4 is 0 Å². The fourth-order valence-electron chi connectivity index (χ4n) is 7.99. The molecular weight excluding hydrogens is 290 g/mol. The molecule has 0 unspecified atom stereocenters. The summed E-state index contributed by atoms with van der Waals surface area (Å²) in [5.41, 5.74) is 3.36. The van der Waals surface area contributed by atoms with Crippen molar-refractivity contribution in [2.24, 2.45) is 29.6 Å². The maximum atomic E-state index is 3.00. The number of piperidine rings is 1. The van der Waals surface area contributed by atoms with E-state index in [4.69, 9.17) is 0 Å². The quantitative estimate of drug-likeness (QED) is 0.714. The van der Waals surface area contributed by atoms with Crippen LogP contribution in [-0.4, -0.2) is 24.0 Å². The Morgan fingerprint density at radius 1 is 0.792 bits per heavy atom. The number of benzene rings is 1. The minimum atomic E-state index is 0.864. The summed E-state index contributed by atoms with van der Waals surface area (Å²) in [6.45, 7) is 2.79. The number of likely N-dealkylation sites (tertiary alicyclic amines) is 1. The summed E-state index contributed by atoms with van der Waals surface area (Å²) in [7, 11) is 0. The lowest BCUT2D eigenvalue weighted by Crippen LogP contribution is -2.58. The van der Waals surface area contributed by atoms with Crippen molar-refractivity contribution in [2.45, 2.75) is 63.3 Å². The van der Waals surface area contributed by atoms with E-state index in [9.17, 15) is 0 Å². The Bertz CT molecular complexity index is 607. The van der Waals surface area contributed by atoms with Gasteiger partial charge < -0.3 is 0 Å². The van der Waals surface area contributed by atoms with Gasteiger partial charge >= 0.3 is 0 Å². The second-order valence-electron chi connectivity index (χ2n) is 9.81. The third-order valence-electron chi connectivity index (χ3n) is 8.60. The van der Waals surface area contributed by atoms with Gasteiger partial charge in [0.05, 0.1) is 0 Å². The van der Waals surface area contributed by atoms with Gasteiger partial charge in [0.15, 0.2) is 0 Å². The third kappa shape index (κ3) is 2.09. The van der Waals surface area contributed by atoms with Gasteiger partial charge in [-0.2, -0.15) is 0 Å². The molecule has 4 bridgehead atoms. The number of rotatable bonds is 1. The van der Waals surface area contributed by atoms with Crippen LogP contribution in [0, 0.1) is 29.6 Å². The van der Waals surface area contributed by atoms with Crippen molar-refractivity contribution < 1.29 is 0 Å². The Morgan fingerprint density at radius 3 is 2.33 bits per heavy atom. The first kappa shape index (κ1) is 14.4. The first-order valence-electron chi connectivity index (χ1n) is 10.7. The minimum absolute atomic E-state index is 0.864. The smallest absolute Gasteiger partial charge is 0.0152 e. The molecule has 128 valence electrons. The first-order chi connectivity index (χ1) is 11.8. The summed E-state index contributed by atoms with van der Waals surface area (Å²) >= 11 is 0. The Balaban J connectivity index is 1.23. The number of fused-ring (bicyclic) bond motifs is 3. The van der Waals surface area contributed by atoms with E-state index < -0.39 is 0 Å². The van der Waals surface area contributed by atoms with E-state index in [1.807, 2.05) is 0 Å². The molecule has 1 heteroatoms. The molecule has 1 saturated heterocycles. The lowest BCUT2D eigenvalue weighted by Gasteiger charge is -2.59. The van der Waals surface area contributed by atoms with E-state index in [1.165, 1.54) is 32.4 Å². The second-order valence-corrected chi connectivity index (χ2v) is 9.81. The molecule has 6 aliphatic rings. The molecule has 0 radical (unpaired) electrons. The average Bonchev–Trinajstić information content (AvgIpc) is 2.60. The van der Waals surface area contributed by atoms with E-state index in [1.54, 1.807) is 43.2 Å². The van der Waals surface area contributed by atoms with Crippen LogP contribution in [0.5, 0.6) is 0 Å². The highest BCUT2D eigenvalue weighted by atomic mass is 15.2. The van der Waals surface area contributed by atoms with Crippen molar-refractivity contribution in [3.8, 4) is 0 Å². The Kier molecular flexibility index (Phi) is 3.19. The number of hydrogen-bond acceptors (Lipinski definition) is 1. The van der Waals surface area contributed by atoms with Crippen molar-refractivity contribution in [3.63, 3.8) is 0 Å². The normalized spacial score (nSPS) is 46.6. The lowest BCUT2D eigenvalue weighted by atomic mass is 9.53. The van der Waals surface area contributed by atoms with Gasteiger partial charge in [0.2, 0.25) is 0 Å². The topological polar surface area (TPSA) is 3.24 Å². The zero-order chi connectivity index (χ0) is 15.7. The van der Waals surface area contributed by atoms with Gasteiger partial charge in [0, 0.05) is 12.6 Å². The summed E-state index contributed by atoms with van der Waals surface area (Å²) in [6.07, 6.45) is 12.1. The molecule has 0 N–H and O–H groups in total. The van der Waals surface area contributed by atoms with E-state index in [0.717, 1.165) is 41.5 Å². The molecule has 0 aromatic heterocycles. The van der Waals surface area contributed by atoms with E-state index in [0.29, 0.717) is 0 Å². The van der Waals surface area contributed by atoms with Crippen LogP contribution >= 0.6 is 0 Å². The first-order valence-corrected chi connectivity index (χ1v) is 10.7. The summed E-state index contributed by atoms with van der Waals surface area (Å²) in [5.74, 6) is 6.15. The van der Waals surface area contributed by atoms with Crippen LogP contribution in [0.25, 0.3) is 0 Å². The van der Waals surface area contributed by atoms with Crippen LogP contribution in [0.4, 0.5) is 0 Å². The molecular formula is C23H31N. The average molecular weight is 322 g/mol. The molecule has 1 nitrogen and oxygen atoms in total. The van der Waals surface area contributed by atoms with Crippen molar-refractivity contribution in [2.75, 3.05) is 13.1 Å². The van der Waals surface area contributed by atoms with Crippen molar-refractivity contribution >= 4 is 0 Å². The molecule has 1 aromatic rings. The van der Waals surface area contributed by atoms with Gasteiger partial charge in [0.25, 0.3) is 0 Å². The highest BCUT2D eigenvalue weighted by Gasteiger charge is 2.51. The fraction of sp³-hybridized carbons (Fsp3) is 0.739. The zero-order valence-corrected chi connectivity index (χ0v) is 14.9. The van der Waals surface area contributed by atoms with Crippen LogP contribution in [0.2, 0.25) is 0 Å². The predicted molar refractivity (Wildman–Crippen MR) is 98.0 cm³/mol. The van der Waals surface area contributed by atoms with Gasteiger partial charge in [-0.1, -0.05) is 24.3 Å². The number of nitrogens with zero attached hydrogens (tertiary/aromatic N) is 1. The second kappa shape index (κ2) is 5.34. The fourth-order valence-corrected chi connectivity index (χ4v) is 7.99. The number of aryl methyl sites for hydroxylation is 1. The highest BCUT2D eigenvalue weighted by molar-refractivity contribution is 5.34. The molecule has 7 rings (SSSR count). The standard InChI is InChI=1S/C23H31N/c1-2-4-21-17(3-1)5-6-18-14-24(8-7-22(18)21)23-19-10-15-9-16(12-19)13-20(23)11-15/h1-4,15-16,18-20,22-23H,5-14H2/t15?,16?,18-,19?,20?,22-,23?/m1/s1. The molecule has 24 heavy (non-hydrogen) atoms. The largest absolute Gasteiger partial charge is 0.300 e. The van der Waals surface area contributed by atoms with E-state index in [2.05, 4.69) is 29.2 Å². The van der Waals surface area contributed by atoms with Gasteiger partial charge in [-0.05, 0) is 105 Å². The lowest BCUT2D eigenvalue weighted by molar-refractivity contribution is -0.0789. The van der Waals surface area contributed by atoms with Crippen molar-refractivity contribution in [1.29, 1.82) is 0 Å². The summed E-state index contributed by atoms with van der Waals surface area (Å²) < 4.78 is 0. The summed E-state index contributed by atoms with van der Waals surface area (Å²) in [6, 6.07) is 10.3. The van der Waals surface area contributed by atoms with Crippen molar-refractivity contribution in [3.05, 3.63) is 35.4 Å². The molecule has 0 spiro atoms. The molecule has 5 aliphatic carbocycles.